The van der Waals surface area contributed by atoms with E-state index in [0.29, 0.717) is 11.2 Å². The summed E-state index contributed by atoms with van der Waals surface area (Å²) in [6, 6.07) is 4.41. The number of halogens is 1. The fourth-order valence-electron chi connectivity index (χ4n) is 1.78. The molecule has 1 aliphatic rings. The van der Waals surface area contributed by atoms with Crippen molar-refractivity contribution in [1.82, 2.24) is 10.3 Å². The number of piperidine rings is 1. The van der Waals surface area contributed by atoms with Crippen molar-refractivity contribution in [3.63, 3.8) is 0 Å². The predicted octanol–water partition coefficient (Wildman–Crippen LogP) is 2.55. The van der Waals surface area contributed by atoms with Crippen LogP contribution in [0.4, 0.5) is 0 Å². The van der Waals surface area contributed by atoms with Crippen molar-refractivity contribution in [1.29, 1.82) is 0 Å². The minimum Gasteiger partial charge on any atom is -0.310 e. The molecule has 0 aromatic carbocycles. The van der Waals surface area contributed by atoms with Gasteiger partial charge in [0.15, 0.2) is 0 Å². The lowest BCUT2D eigenvalue weighted by molar-refractivity contribution is 0.412. The van der Waals surface area contributed by atoms with Crippen molar-refractivity contribution in [2.75, 3.05) is 6.54 Å². The highest BCUT2D eigenvalue weighted by atomic mass is 35.5. The van der Waals surface area contributed by atoms with Crippen LogP contribution in [0.25, 0.3) is 0 Å². The SMILES string of the molecule is Clc1ncccc1C1CCCCN1. The zero-order chi connectivity index (χ0) is 9.10. The van der Waals surface area contributed by atoms with Crippen LogP contribution in [0.1, 0.15) is 30.9 Å². The average Bonchev–Trinajstić information content (AvgIpc) is 2.20. The normalized spacial score (nSPS) is 23.0. The molecule has 0 bridgehead atoms. The van der Waals surface area contributed by atoms with Crippen LogP contribution in [-0.2, 0) is 0 Å². The lowest BCUT2D eigenvalue weighted by Gasteiger charge is -2.23. The van der Waals surface area contributed by atoms with Gasteiger partial charge in [-0.2, -0.15) is 0 Å². The maximum Gasteiger partial charge on any atom is 0.133 e. The molecule has 1 N–H and O–H groups in total. The predicted molar refractivity (Wildman–Crippen MR) is 53.8 cm³/mol. The molecule has 2 nitrogen and oxygen atoms in total. The van der Waals surface area contributed by atoms with E-state index in [2.05, 4.69) is 16.4 Å². The quantitative estimate of drug-likeness (QED) is 0.699. The molecule has 1 unspecified atom stereocenters. The molecule has 70 valence electrons. The van der Waals surface area contributed by atoms with Gasteiger partial charge in [-0.15, -0.1) is 0 Å². The van der Waals surface area contributed by atoms with Crippen molar-refractivity contribution < 1.29 is 0 Å². The van der Waals surface area contributed by atoms with Crippen molar-refractivity contribution in [3.8, 4) is 0 Å². The number of nitrogens with one attached hydrogen (secondary N) is 1. The number of pyridine rings is 1. The van der Waals surface area contributed by atoms with Crippen LogP contribution in [0.15, 0.2) is 18.3 Å². The van der Waals surface area contributed by atoms with Gasteiger partial charge in [0.1, 0.15) is 5.15 Å². The van der Waals surface area contributed by atoms with Gasteiger partial charge in [-0.25, -0.2) is 4.98 Å². The van der Waals surface area contributed by atoms with Crippen molar-refractivity contribution >= 4 is 11.6 Å². The minimum absolute atomic E-state index is 0.412. The molecule has 1 aromatic heterocycles. The molecule has 0 spiro atoms. The fraction of sp³-hybridized carbons (Fsp3) is 0.500. The molecule has 13 heavy (non-hydrogen) atoms. The van der Waals surface area contributed by atoms with Crippen LogP contribution >= 0.6 is 11.6 Å². The van der Waals surface area contributed by atoms with Crippen molar-refractivity contribution in [2.45, 2.75) is 25.3 Å². The molecule has 0 aliphatic carbocycles. The first kappa shape index (κ1) is 8.97. The Labute approximate surface area is 83.3 Å². The molecule has 0 amide bonds. The first-order chi connectivity index (χ1) is 6.38. The largest absolute Gasteiger partial charge is 0.310 e. The highest BCUT2D eigenvalue weighted by Crippen LogP contribution is 2.26. The first-order valence-electron chi connectivity index (χ1n) is 4.72. The standard InChI is InChI=1S/C10H13ClN2/c11-10-8(4-3-7-13-10)9-5-1-2-6-12-9/h3-4,7,9,12H,1-2,5-6H2. The van der Waals surface area contributed by atoms with Crippen LogP contribution in [0.3, 0.4) is 0 Å². The van der Waals surface area contributed by atoms with Gasteiger partial charge < -0.3 is 5.32 Å². The number of rotatable bonds is 1. The van der Waals surface area contributed by atoms with E-state index in [0.717, 1.165) is 12.1 Å². The van der Waals surface area contributed by atoms with E-state index >= 15 is 0 Å². The molecular formula is C10H13ClN2. The summed E-state index contributed by atoms with van der Waals surface area (Å²) < 4.78 is 0. The third-order valence-electron chi connectivity index (χ3n) is 2.47. The first-order valence-corrected chi connectivity index (χ1v) is 5.09. The molecule has 1 aromatic rings. The van der Waals surface area contributed by atoms with Crippen molar-refractivity contribution in [2.24, 2.45) is 0 Å². The Morgan fingerprint density at radius 2 is 2.38 bits per heavy atom. The average molecular weight is 197 g/mol. The van der Waals surface area contributed by atoms with Gasteiger partial charge in [0.05, 0.1) is 0 Å². The molecular weight excluding hydrogens is 184 g/mol. The smallest absolute Gasteiger partial charge is 0.133 e. The zero-order valence-electron chi connectivity index (χ0n) is 7.46. The van der Waals surface area contributed by atoms with Crippen LogP contribution in [0.5, 0.6) is 0 Å². The van der Waals surface area contributed by atoms with Gasteiger partial charge in [0.2, 0.25) is 0 Å². The minimum atomic E-state index is 0.412. The number of hydrogen-bond acceptors (Lipinski definition) is 2. The summed E-state index contributed by atoms with van der Waals surface area (Å²) in [4.78, 5) is 4.08. The highest BCUT2D eigenvalue weighted by Gasteiger charge is 2.16. The van der Waals surface area contributed by atoms with Gasteiger partial charge in [0, 0.05) is 17.8 Å². The van der Waals surface area contributed by atoms with E-state index in [1.54, 1.807) is 6.20 Å². The summed E-state index contributed by atoms with van der Waals surface area (Å²) in [6.45, 7) is 1.09. The summed E-state index contributed by atoms with van der Waals surface area (Å²) in [5, 5.41) is 4.09. The number of aromatic nitrogens is 1. The molecule has 2 rings (SSSR count). The van der Waals surface area contributed by atoms with Crippen LogP contribution in [0, 0.1) is 0 Å². The Morgan fingerprint density at radius 1 is 1.46 bits per heavy atom. The van der Waals surface area contributed by atoms with Crippen LogP contribution in [-0.4, -0.2) is 11.5 Å². The van der Waals surface area contributed by atoms with Gasteiger partial charge in [-0.1, -0.05) is 24.1 Å². The fourth-order valence-corrected chi connectivity index (χ4v) is 2.03. The molecule has 1 saturated heterocycles. The maximum absolute atomic E-state index is 6.01. The van der Waals surface area contributed by atoms with E-state index < -0.39 is 0 Å². The third kappa shape index (κ3) is 2.01. The Bertz CT molecular complexity index is 282. The number of nitrogens with zero attached hydrogens (tertiary/aromatic N) is 1. The van der Waals surface area contributed by atoms with Gasteiger partial charge in [-0.3, -0.25) is 0 Å². The summed E-state index contributed by atoms with van der Waals surface area (Å²) in [5.41, 5.74) is 1.14. The lowest BCUT2D eigenvalue weighted by Crippen LogP contribution is -2.27. The summed E-state index contributed by atoms with van der Waals surface area (Å²) in [6.07, 6.45) is 5.46. The molecule has 3 heteroatoms. The molecule has 1 atom stereocenters. The third-order valence-corrected chi connectivity index (χ3v) is 2.79. The van der Waals surface area contributed by atoms with Gasteiger partial charge in [-0.05, 0) is 25.5 Å². The Hall–Kier alpha value is -0.600. The maximum atomic E-state index is 6.01. The second-order valence-corrected chi connectivity index (χ2v) is 3.74. The van der Waals surface area contributed by atoms with Crippen LogP contribution in [0.2, 0.25) is 5.15 Å². The summed E-state index contributed by atoms with van der Waals surface area (Å²) in [5.74, 6) is 0. The Balaban J connectivity index is 2.18. The van der Waals surface area contributed by atoms with Gasteiger partial charge >= 0.3 is 0 Å². The Kier molecular flexibility index (Phi) is 2.81. The van der Waals surface area contributed by atoms with E-state index in [-0.39, 0.29) is 0 Å². The molecule has 0 radical (unpaired) electrons. The molecule has 0 saturated carbocycles. The lowest BCUT2D eigenvalue weighted by atomic mass is 9.99. The Morgan fingerprint density at radius 3 is 3.08 bits per heavy atom. The molecule has 1 fully saturated rings. The number of hydrogen-bond donors (Lipinski definition) is 1. The second-order valence-electron chi connectivity index (χ2n) is 3.39. The van der Waals surface area contributed by atoms with E-state index in [4.69, 9.17) is 11.6 Å². The van der Waals surface area contributed by atoms with Crippen molar-refractivity contribution in [3.05, 3.63) is 29.0 Å². The summed E-state index contributed by atoms with van der Waals surface area (Å²) >= 11 is 6.01. The monoisotopic (exact) mass is 196 g/mol. The van der Waals surface area contributed by atoms with E-state index in [1.807, 2.05) is 6.07 Å². The highest BCUT2D eigenvalue weighted by molar-refractivity contribution is 6.30. The molecule has 1 aliphatic heterocycles. The second kappa shape index (κ2) is 4.07. The molecule has 2 heterocycles. The van der Waals surface area contributed by atoms with Crippen LogP contribution < -0.4 is 5.32 Å². The van der Waals surface area contributed by atoms with E-state index in [1.165, 1.54) is 19.3 Å². The topological polar surface area (TPSA) is 24.9 Å². The summed E-state index contributed by atoms with van der Waals surface area (Å²) in [7, 11) is 0. The van der Waals surface area contributed by atoms with E-state index in [9.17, 15) is 0 Å². The zero-order valence-corrected chi connectivity index (χ0v) is 8.22. The van der Waals surface area contributed by atoms with Gasteiger partial charge in [0.25, 0.3) is 0 Å².